The third-order valence-corrected chi connectivity index (χ3v) is 10.5. The highest BCUT2D eigenvalue weighted by Gasteiger charge is 2.42. The number of hydrogen-bond donors (Lipinski definition) is 3. The molecule has 12 heteroatoms. The van der Waals surface area contributed by atoms with Crippen molar-refractivity contribution >= 4 is 35.2 Å². The first-order valence-corrected chi connectivity index (χ1v) is 19.6. The monoisotopic (exact) mass is 740 g/mol. The summed E-state index contributed by atoms with van der Waals surface area (Å²) in [6.45, 7) is 14.9. The van der Waals surface area contributed by atoms with Gasteiger partial charge in [-0.3, -0.25) is 9.59 Å². The van der Waals surface area contributed by atoms with E-state index in [1.807, 2.05) is 64.8 Å². The van der Waals surface area contributed by atoms with E-state index in [-0.39, 0.29) is 17.0 Å². The van der Waals surface area contributed by atoms with Crippen molar-refractivity contribution in [2.45, 2.75) is 137 Å². The number of carbonyl (C=O) groups is 2. The van der Waals surface area contributed by atoms with E-state index < -0.39 is 16.8 Å². The predicted octanol–water partition coefficient (Wildman–Crippen LogP) is 9.19. The van der Waals surface area contributed by atoms with E-state index in [9.17, 15) is 14.7 Å². The van der Waals surface area contributed by atoms with Gasteiger partial charge in [0, 0.05) is 36.4 Å². The number of pyridine rings is 2. The molecule has 6 rings (SSSR count). The lowest BCUT2D eigenvalue weighted by Gasteiger charge is -2.34. The van der Waals surface area contributed by atoms with Gasteiger partial charge >= 0.3 is 11.9 Å². The van der Waals surface area contributed by atoms with Gasteiger partial charge in [0.1, 0.15) is 23.3 Å². The number of carbonyl (C=O) groups excluding carboxylic acids is 1. The van der Waals surface area contributed by atoms with E-state index in [4.69, 9.17) is 9.72 Å². The highest BCUT2D eigenvalue weighted by atomic mass is 16.5. The molecule has 54 heavy (non-hydrogen) atoms. The summed E-state index contributed by atoms with van der Waals surface area (Å²) < 4.78 is 9.30. The molecule has 2 aliphatic carbocycles. The molecule has 2 saturated carbocycles. The number of anilines is 4. The summed E-state index contributed by atoms with van der Waals surface area (Å²) in [6, 6.07) is 15.6. The maximum absolute atomic E-state index is 12.7. The van der Waals surface area contributed by atoms with Crippen molar-refractivity contribution in [1.29, 1.82) is 0 Å². The first kappa shape index (κ1) is 40.4. The number of carboxylic acids is 1. The quantitative estimate of drug-likeness (QED) is 0.127. The largest absolute Gasteiger partial charge is 0.481 e. The molecule has 0 aromatic carbocycles. The van der Waals surface area contributed by atoms with Crippen LogP contribution in [0.25, 0.3) is 0 Å². The fraction of sp³-hybridized carbons (Fsp3) is 0.571. The topological polar surface area (TPSA) is 149 Å². The number of rotatable bonds is 11. The molecule has 0 amide bonds. The average Bonchev–Trinajstić information content (AvgIpc) is 3.80. The number of carboxylic acid groups (broad SMARTS) is 1. The third kappa shape index (κ3) is 10.1. The lowest BCUT2D eigenvalue weighted by molar-refractivity contribution is -0.157. The number of esters is 1. The van der Waals surface area contributed by atoms with Crippen molar-refractivity contribution in [3.05, 3.63) is 72.3 Å². The summed E-state index contributed by atoms with van der Waals surface area (Å²) in [5.74, 6) is 2.48. The van der Waals surface area contributed by atoms with E-state index in [0.29, 0.717) is 25.3 Å². The molecule has 0 spiro atoms. The molecular weight excluding hydrogens is 681 g/mol. The molecule has 2 aliphatic rings. The van der Waals surface area contributed by atoms with Gasteiger partial charge in [-0.25, -0.2) is 19.3 Å². The zero-order valence-corrected chi connectivity index (χ0v) is 33.3. The van der Waals surface area contributed by atoms with Crippen molar-refractivity contribution in [3.63, 3.8) is 0 Å². The minimum Gasteiger partial charge on any atom is -0.481 e. The summed E-state index contributed by atoms with van der Waals surface area (Å²) in [6.07, 6.45) is 14.3. The highest BCUT2D eigenvalue weighted by molar-refractivity contribution is 5.77. The van der Waals surface area contributed by atoms with E-state index in [2.05, 4.69) is 67.4 Å². The van der Waals surface area contributed by atoms with Gasteiger partial charge < -0.3 is 20.5 Å². The predicted molar refractivity (Wildman–Crippen MR) is 212 cm³/mol. The normalized spacial score (nSPS) is 16.8. The van der Waals surface area contributed by atoms with Crippen LogP contribution in [0.2, 0.25) is 0 Å². The maximum atomic E-state index is 12.7. The van der Waals surface area contributed by atoms with Crippen LogP contribution in [0.4, 0.5) is 23.3 Å². The fourth-order valence-electron chi connectivity index (χ4n) is 7.78. The van der Waals surface area contributed by atoms with Crippen LogP contribution in [-0.4, -0.2) is 53.2 Å². The number of nitrogens with one attached hydrogen (secondary N) is 2. The van der Waals surface area contributed by atoms with Crippen molar-refractivity contribution in [1.82, 2.24) is 29.5 Å². The maximum Gasteiger partial charge on any atom is 0.312 e. The van der Waals surface area contributed by atoms with Crippen molar-refractivity contribution < 1.29 is 19.4 Å². The molecule has 0 saturated heterocycles. The number of aromatic nitrogens is 6. The van der Waals surface area contributed by atoms with Gasteiger partial charge in [0.25, 0.3) is 0 Å². The molecule has 4 aromatic heterocycles. The zero-order valence-electron chi connectivity index (χ0n) is 33.3. The third-order valence-electron chi connectivity index (χ3n) is 10.5. The molecule has 4 heterocycles. The summed E-state index contributed by atoms with van der Waals surface area (Å²) in [5, 5.41) is 25.3. The van der Waals surface area contributed by atoms with Crippen LogP contribution in [-0.2, 0) is 38.2 Å². The van der Waals surface area contributed by atoms with Crippen molar-refractivity contribution in [2.75, 3.05) is 17.2 Å². The Bertz CT molecular complexity index is 1840. The molecule has 0 unspecified atom stereocenters. The number of aliphatic carboxylic acids is 1. The Morgan fingerprint density at radius 1 is 0.685 bits per heavy atom. The van der Waals surface area contributed by atoms with Crippen LogP contribution < -0.4 is 10.6 Å². The molecule has 12 nitrogen and oxygen atoms in total. The minimum atomic E-state index is -0.692. The first-order valence-electron chi connectivity index (χ1n) is 19.6. The van der Waals surface area contributed by atoms with Crippen LogP contribution in [0.5, 0.6) is 0 Å². The fourth-order valence-corrected chi connectivity index (χ4v) is 7.78. The Balaban J connectivity index is 0.000000208. The van der Waals surface area contributed by atoms with Crippen LogP contribution in [0.15, 0.2) is 60.9 Å². The molecule has 0 radical (unpaired) electrons. The van der Waals surface area contributed by atoms with Gasteiger partial charge in [0.05, 0.1) is 40.9 Å². The van der Waals surface area contributed by atoms with E-state index in [1.165, 1.54) is 6.42 Å². The SMILES string of the molecule is CC(C)(C)n1nccc1Nc1cccc(CC2(C(=O)O)CCCCC2)n1.CCOC(=O)C1(Cc2cccc(Nc3ccnn3C(C)(C)C)n2)CCCCC1. The second-order valence-electron chi connectivity index (χ2n) is 16.9. The Morgan fingerprint density at radius 2 is 1.11 bits per heavy atom. The summed E-state index contributed by atoms with van der Waals surface area (Å²) >= 11 is 0. The first-order chi connectivity index (χ1) is 25.6. The zero-order chi connectivity index (χ0) is 39.0. The molecule has 292 valence electrons. The number of hydrogen-bond acceptors (Lipinski definition) is 9. The summed E-state index contributed by atoms with van der Waals surface area (Å²) in [4.78, 5) is 34.1. The number of ether oxygens (including phenoxy) is 1. The molecule has 4 aromatic rings. The lowest BCUT2D eigenvalue weighted by atomic mass is 9.71. The van der Waals surface area contributed by atoms with Gasteiger partial charge in [-0.15, -0.1) is 0 Å². The lowest BCUT2D eigenvalue weighted by Crippen LogP contribution is -2.37. The highest BCUT2D eigenvalue weighted by Crippen LogP contribution is 2.41. The molecule has 2 fully saturated rings. The van der Waals surface area contributed by atoms with E-state index >= 15 is 0 Å². The standard InChI is InChI=1S/C22H32N4O2.C20H28N4O2/c1-5-28-20(27)22(13-7-6-8-14-22)16-17-10-9-11-18(24-17)25-19-12-15-23-26(19)21(2,3)4;1-19(2,3)24-17(10-13-21-24)23-16-9-7-8-15(22-16)14-20(18(25)26)11-5-4-6-12-20/h9-12,15H,5-8,13-14,16H2,1-4H3,(H,24,25);7-10,13H,4-6,11-12,14H2,1-3H3,(H,22,23)(H,25,26). The Kier molecular flexibility index (Phi) is 12.9. The molecular formula is C42H60N8O4. The second kappa shape index (κ2) is 17.2. The van der Waals surface area contributed by atoms with Gasteiger partial charge in [-0.2, -0.15) is 10.2 Å². The summed E-state index contributed by atoms with van der Waals surface area (Å²) in [7, 11) is 0. The van der Waals surface area contributed by atoms with Gasteiger partial charge in [-0.1, -0.05) is 50.7 Å². The van der Waals surface area contributed by atoms with Crippen LogP contribution in [0, 0.1) is 10.8 Å². The van der Waals surface area contributed by atoms with Crippen molar-refractivity contribution in [3.8, 4) is 0 Å². The average molecular weight is 741 g/mol. The molecule has 3 N–H and O–H groups in total. The van der Waals surface area contributed by atoms with Crippen LogP contribution in [0.1, 0.15) is 124 Å². The molecule has 0 atom stereocenters. The second-order valence-corrected chi connectivity index (χ2v) is 16.9. The van der Waals surface area contributed by atoms with E-state index in [0.717, 1.165) is 86.6 Å². The Hall–Kier alpha value is -4.74. The van der Waals surface area contributed by atoms with Crippen molar-refractivity contribution in [2.24, 2.45) is 10.8 Å². The van der Waals surface area contributed by atoms with E-state index in [1.54, 1.807) is 12.4 Å². The van der Waals surface area contributed by atoms with Gasteiger partial charge in [0.2, 0.25) is 0 Å². The minimum absolute atomic E-state index is 0.0688. The molecule has 0 aliphatic heterocycles. The smallest absolute Gasteiger partial charge is 0.312 e. The van der Waals surface area contributed by atoms with Crippen LogP contribution in [0.3, 0.4) is 0 Å². The Morgan fingerprint density at radius 3 is 1.52 bits per heavy atom. The Labute approximate surface area is 320 Å². The number of nitrogens with zero attached hydrogens (tertiary/aromatic N) is 6. The van der Waals surface area contributed by atoms with Gasteiger partial charge in [0.15, 0.2) is 0 Å². The summed E-state index contributed by atoms with van der Waals surface area (Å²) in [5.41, 5.74) is 0.366. The molecule has 0 bridgehead atoms. The van der Waals surface area contributed by atoms with Gasteiger partial charge in [-0.05, 0) is 98.4 Å². The van der Waals surface area contributed by atoms with Crippen LogP contribution >= 0.6 is 0 Å².